The quantitative estimate of drug-likeness (QED) is 0.799. The van der Waals surface area contributed by atoms with E-state index in [4.69, 9.17) is 0 Å². The summed E-state index contributed by atoms with van der Waals surface area (Å²) in [6, 6.07) is 14.1. The Morgan fingerprint density at radius 3 is 2.44 bits per heavy atom. The van der Waals surface area contributed by atoms with Crippen molar-refractivity contribution < 1.29 is 13.8 Å². The molecule has 0 radical (unpaired) electrons. The van der Waals surface area contributed by atoms with E-state index in [1.807, 2.05) is 31.2 Å². The Morgan fingerprint density at radius 2 is 1.80 bits per heavy atom. The highest BCUT2D eigenvalue weighted by Crippen LogP contribution is 2.12. The van der Waals surface area contributed by atoms with Crippen molar-refractivity contribution in [1.29, 1.82) is 0 Å². The summed E-state index contributed by atoms with van der Waals surface area (Å²) in [6.45, 7) is 2.31. The van der Waals surface area contributed by atoms with Gasteiger partial charge in [-0.05, 0) is 48.4 Å². The van der Waals surface area contributed by atoms with Crippen LogP contribution in [0.2, 0.25) is 0 Å². The second-order valence-corrected chi connectivity index (χ2v) is 7.04. The maximum atomic E-state index is 12.2. The Hall–Kier alpha value is -2.47. The molecule has 0 aromatic heterocycles. The second-order valence-electron chi connectivity index (χ2n) is 5.66. The maximum absolute atomic E-state index is 12.2. The van der Waals surface area contributed by atoms with Gasteiger partial charge in [0.1, 0.15) is 0 Å². The first-order valence-corrected chi connectivity index (χ1v) is 9.66. The Bertz CT molecular complexity index is 772. The fraction of sp³-hybridized carbons (Fsp3) is 0.263. The zero-order valence-electron chi connectivity index (χ0n) is 14.4. The van der Waals surface area contributed by atoms with E-state index >= 15 is 0 Å². The van der Waals surface area contributed by atoms with Crippen LogP contribution in [0.4, 0.5) is 5.69 Å². The van der Waals surface area contributed by atoms with Crippen LogP contribution in [0.1, 0.15) is 35.7 Å². The third kappa shape index (κ3) is 5.83. The topological polar surface area (TPSA) is 75.3 Å². The van der Waals surface area contributed by atoms with Crippen molar-refractivity contribution in [3.63, 3.8) is 0 Å². The summed E-state index contributed by atoms with van der Waals surface area (Å²) >= 11 is 0. The molecule has 25 heavy (non-hydrogen) atoms. The molecule has 132 valence electrons. The molecule has 0 saturated carbocycles. The van der Waals surface area contributed by atoms with Gasteiger partial charge >= 0.3 is 0 Å². The summed E-state index contributed by atoms with van der Waals surface area (Å²) in [5.74, 6) is -0.217. The predicted octanol–water partition coefficient (Wildman–Crippen LogP) is 3.09. The highest BCUT2D eigenvalue weighted by atomic mass is 32.2. The summed E-state index contributed by atoms with van der Waals surface area (Å²) in [6.07, 6.45) is 2.88. The summed E-state index contributed by atoms with van der Waals surface area (Å²) in [7, 11) is -1.06. The Kier molecular flexibility index (Phi) is 6.89. The number of anilines is 1. The number of nitrogens with one attached hydrogen (secondary N) is 2. The van der Waals surface area contributed by atoms with Crippen LogP contribution >= 0.6 is 0 Å². The number of carbonyl (C=O) groups is 2. The van der Waals surface area contributed by atoms with Crippen molar-refractivity contribution in [3.8, 4) is 0 Å². The fourth-order valence-corrected chi connectivity index (χ4v) is 2.81. The number of rotatable bonds is 7. The van der Waals surface area contributed by atoms with Gasteiger partial charge in [0.15, 0.2) is 0 Å². The van der Waals surface area contributed by atoms with Gasteiger partial charge in [-0.2, -0.15) is 0 Å². The smallest absolute Gasteiger partial charge is 0.251 e. The Balaban J connectivity index is 1.95. The minimum Gasteiger partial charge on any atom is -0.348 e. The molecule has 2 amide bonds. The van der Waals surface area contributed by atoms with Crippen molar-refractivity contribution in [2.24, 2.45) is 0 Å². The molecular formula is C19H22N2O3S. The number of amides is 2. The molecule has 1 unspecified atom stereocenters. The van der Waals surface area contributed by atoms with Crippen molar-refractivity contribution in [1.82, 2.24) is 5.32 Å². The lowest BCUT2D eigenvalue weighted by molar-refractivity contribution is -0.116. The van der Waals surface area contributed by atoms with Crippen LogP contribution in [0.3, 0.4) is 0 Å². The van der Waals surface area contributed by atoms with Crippen LogP contribution in [0, 0.1) is 0 Å². The molecule has 0 bridgehead atoms. The Morgan fingerprint density at radius 1 is 1.08 bits per heavy atom. The van der Waals surface area contributed by atoms with E-state index in [1.165, 1.54) is 0 Å². The van der Waals surface area contributed by atoms with Gasteiger partial charge in [0, 0.05) is 46.2 Å². The lowest BCUT2D eigenvalue weighted by Crippen LogP contribution is -2.22. The molecule has 0 aliphatic heterocycles. The van der Waals surface area contributed by atoms with Gasteiger partial charge in [-0.1, -0.05) is 19.1 Å². The maximum Gasteiger partial charge on any atom is 0.251 e. The SMILES string of the molecule is CCCC(=O)Nc1cccc(CNC(=O)c2ccc(S(C)=O)cc2)c1. The first kappa shape index (κ1) is 18.9. The third-order valence-corrected chi connectivity index (χ3v) is 4.53. The van der Waals surface area contributed by atoms with Crippen molar-refractivity contribution >= 4 is 28.3 Å². The molecule has 0 heterocycles. The average molecular weight is 358 g/mol. The molecule has 2 aromatic carbocycles. The normalized spacial score (nSPS) is 11.6. The van der Waals surface area contributed by atoms with Crippen LogP contribution < -0.4 is 10.6 Å². The summed E-state index contributed by atoms with van der Waals surface area (Å²) in [4.78, 5) is 24.5. The number of hydrogen-bond donors (Lipinski definition) is 2. The molecular weight excluding hydrogens is 336 g/mol. The van der Waals surface area contributed by atoms with E-state index in [0.717, 1.165) is 17.7 Å². The molecule has 0 spiro atoms. The zero-order valence-corrected chi connectivity index (χ0v) is 15.2. The lowest BCUT2D eigenvalue weighted by Gasteiger charge is -2.09. The summed E-state index contributed by atoms with van der Waals surface area (Å²) in [5.41, 5.74) is 2.13. The molecule has 1 atom stereocenters. The molecule has 0 saturated heterocycles. The van der Waals surface area contributed by atoms with Gasteiger partial charge in [0.25, 0.3) is 5.91 Å². The number of benzene rings is 2. The molecule has 5 nitrogen and oxygen atoms in total. The van der Waals surface area contributed by atoms with Crippen LogP contribution in [-0.2, 0) is 22.1 Å². The zero-order chi connectivity index (χ0) is 18.2. The van der Waals surface area contributed by atoms with E-state index in [0.29, 0.717) is 23.4 Å². The standard InChI is InChI=1S/C19H22N2O3S/c1-3-5-18(22)21-16-7-4-6-14(12-16)13-20-19(23)15-8-10-17(11-9-15)25(2)24/h4,6-12H,3,5,13H2,1-2H3,(H,20,23)(H,21,22). The lowest BCUT2D eigenvalue weighted by atomic mass is 10.1. The molecule has 2 rings (SSSR count). The van der Waals surface area contributed by atoms with Crippen LogP contribution in [0.5, 0.6) is 0 Å². The van der Waals surface area contributed by atoms with Crippen molar-refractivity contribution in [2.45, 2.75) is 31.2 Å². The van der Waals surface area contributed by atoms with Gasteiger partial charge < -0.3 is 10.6 Å². The van der Waals surface area contributed by atoms with Crippen molar-refractivity contribution in [3.05, 3.63) is 59.7 Å². The Labute approximate surface area is 150 Å². The molecule has 6 heteroatoms. The third-order valence-electron chi connectivity index (χ3n) is 3.59. The van der Waals surface area contributed by atoms with Gasteiger partial charge in [-0.25, -0.2) is 0 Å². The van der Waals surface area contributed by atoms with Crippen LogP contribution in [0.15, 0.2) is 53.4 Å². The number of hydrogen-bond acceptors (Lipinski definition) is 3. The fourth-order valence-electron chi connectivity index (χ4n) is 2.29. The van der Waals surface area contributed by atoms with E-state index < -0.39 is 10.8 Å². The number of carbonyl (C=O) groups excluding carboxylic acids is 2. The first-order chi connectivity index (χ1) is 12.0. The molecule has 2 N–H and O–H groups in total. The highest BCUT2D eigenvalue weighted by molar-refractivity contribution is 7.84. The monoisotopic (exact) mass is 358 g/mol. The largest absolute Gasteiger partial charge is 0.348 e. The van der Waals surface area contributed by atoms with E-state index in [-0.39, 0.29) is 11.8 Å². The van der Waals surface area contributed by atoms with Gasteiger partial charge in [0.05, 0.1) is 0 Å². The summed E-state index contributed by atoms with van der Waals surface area (Å²) in [5, 5.41) is 5.68. The average Bonchev–Trinajstić information content (AvgIpc) is 2.60. The minimum atomic E-state index is -1.06. The first-order valence-electron chi connectivity index (χ1n) is 8.10. The van der Waals surface area contributed by atoms with Crippen LogP contribution in [0.25, 0.3) is 0 Å². The van der Waals surface area contributed by atoms with E-state index in [1.54, 1.807) is 30.5 Å². The highest BCUT2D eigenvalue weighted by Gasteiger charge is 2.07. The molecule has 0 aliphatic carbocycles. The van der Waals surface area contributed by atoms with Gasteiger partial charge in [0.2, 0.25) is 5.91 Å². The van der Waals surface area contributed by atoms with Gasteiger partial charge in [-0.3, -0.25) is 13.8 Å². The van der Waals surface area contributed by atoms with E-state index in [9.17, 15) is 13.8 Å². The van der Waals surface area contributed by atoms with Gasteiger partial charge in [-0.15, -0.1) is 0 Å². The molecule has 2 aromatic rings. The minimum absolute atomic E-state index is 0.0166. The molecule has 0 fully saturated rings. The molecule has 0 aliphatic rings. The van der Waals surface area contributed by atoms with Crippen LogP contribution in [-0.4, -0.2) is 22.3 Å². The summed E-state index contributed by atoms with van der Waals surface area (Å²) < 4.78 is 11.4. The van der Waals surface area contributed by atoms with Crippen molar-refractivity contribution in [2.75, 3.05) is 11.6 Å². The van der Waals surface area contributed by atoms with E-state index in [2.05, 4.69) is 10.6 Å². The second kappa shape index (κ2) is 9.13. The predicted molar refractivity (Wildman–Crippen MR) is 99.9 cm³/mol.